The van der Waals surface area contributed by atoms with Crippen molar-refractivity contribution in [1.82, 2.24) is 10.4 Å². The highest BCUT2D eigenvalue weighted by Crippen LogP contribution is 2.27. The molecule has 0 spiro atoms. The van der Waals surface area contributed by atoms with Crippen molar-refractivity contribution < 1.29 is 14.4 Å². The predicted octanol–water partition coefficient (Wildman–Crippen LogP) is 2.91. The van der Waals surface area contributed by atoms with Crippen LogP contribution in [0.5, 0.6) is 0 Å². The lowest BCUT2D eigenvalue weighted by molar-refractivity contribution is -0.154. The first-order valence-electron chi connectivity index (χ1n) is 8.55. The van der Waals surface area contributed by atoms with E-state index < -0.39 is 11.5 Å². The summed E-state index contributed by atoms with van der Waals surface area (Å²) in [7, 11) is 0. The van der Waals surface area contributed by atoms with Gasteiger partial charge < -0.3 is 4.90 Å². The zero-order chi connectivity index (χ0) is 17.7. The van der Waals surface area contributed by atoms with Crippen LogP contribution in [0.2, 0.25) is 0 Å². The first kappa shape index (κ1) is 18.5. The molecule has 0 saturated carbocycles. The molecule has 24 heavy (non-hydrogen) atoms. The maximum atomic E-state index is 12.6. The van der Waals surface area contributed by atoms with Gasteiger partial charge in [-0.15, -0.1) is 0 Å². The standard InChI is InChI=1S/C19H28N2O3/c1-14-10-11-21(18(23)19(2,3)4)16(12-14)17(22)20-24-13-15-8-6-5-7-9-15/h5-9,14,16H,10-13H2,1-4H3,(H,20,22)/t14?,16-/m1/s1. The molecule has 1 aromatic rings. The topological polar surface area (TPSA) is 58.6 Å². The molecule has 1 aliphatic heterocycles. The molecule has 1 unspecified atom stereocenters. The number of piperidine rings is 1. The molecule has 0 radical (unpaired) electrons. The minimum Gasteiger partial charge on any atom is -0.330 e. The lowest BCUT2D eigenvalue weighted by Gasteiger charge is -2.40. The Morgan fingerprint density at radius 3 is 2.54 bits per heavy atom. The number of likely N-dealkylation sites (tertiary alicyclic amines) is 1. The Hall–Kier alpha value is -1.88. The lowest BCUT2D eigenvalue weighted by atomic mass is 9.87. The highest BCUT2D eigenvalue weighted by molar-refractivity contribution is 5.89. The van der Waals surface area contributed by atoms with Crippen molar-refractivity contribution in [2.45, 2.75) is 53.2 Å². The summed E-state index contributed by atoms with van der Waals surface area (Å²) in [5.41, 5.74) is 3.01. The molecule has 1 aromatic carbocycles. The average Bonchev–Trinajstić information content (AvgIpc) is 2.54. The van der Waals surface area contributed by atoms with Crippen molar-refractivity contribution in [3.05, 3.63) is 35.9 Å². The quantitative estimate of drug-likeness (QED) is 0.863. The molecule has 132 valence electrons. The van der Waals surface area contributed by atoms with Crippen LogP contribution < -0.4 is 5.48 Å². The van der Waals surface area contributed by atoms with Crippen LogP contribution in [0.3, 0.4) is 0 Å². The number of carbonyl (C=O) groups is 2. The lowest BCUT2D eigenvalue weighted by Crippen LogP contribution is -2.55. The summed E-state index contributed by atoms with van der Waals surface area (Å²) >= 11 is 0. The second-order valence-corrected chi connectivity index (χ2v) is 7.63. The molecule has 1 fully saturated rings. The van der Waals surface area contributed by atoms with Gasteiger partial charge in [0.25, 0.3) is 5.91 Å². The zero-order valence-corrected chi connectivity index (χ0v) is 15.0. The largest absolute Gasteiger partial charge is 0.330 e. The van der Waals surface area contributed by atoms with Crippen LogP contribution in [-0.2, 0) is 21.0 Å². The van der Waals surface area contributed by atoms with Crippen molar-refractivity contribution in [1.29, 1.82) is 0 Å². The van der Waals surface area contributed by atoms with Crippen molar-refractivity contribution in [2.75, 3.05) is 6.54 Å². The summed E-state index contributed by atoms with van der Waals surface area (Å²) in [4.78, 5) is 32.2. The normalized spacial score (nSPS) is 21.4. The Kier molecular flexibility index (Phi) is 5.99. The smallest absolute Gasteiger partial charge is 0.266 e. The van der Waals surface area contributed by atoms with Crippen LogP contribution in [0.15, 0.2) is 30.3 Å². The number of nitrogens with zero attached hydrogens (tertiary/aromatic N) is 1. The molecule has 5 heteroatoms. The number of nitrogens with one attached hydrogen (secondary N) is 1. The molecule has 2 rings (SSSR count). The van der Waals surface area contributed by atoms with E-state index in [1.807, 2.05) is 51.1 Å². The molecule has 0 bridgehead atoms. The van der Waals surface area contributed by atoms with Crippen LogP contribution in [0, 0.1) is 11.3 Å². The Labute approximate surface area is 144 Å². The van der Waals surface area contributed by atoms with E-state index in [1.54, 1.807) is 4.90 Å². The maximum Gasteiger partial charge on any atom is 0.266 e. The average molecular weight is 332 g/mol. The first-order chi connectivity index (χ1) is 11.3. The third-order valence-electron chi connectivity index (χ3n) is 4.32. The molecule has 1 N–H and O–H groups in total. The van der Waals surface area contributed by atoms with Gasteiger partial charge in [-0.2, -0.15) is 0 Å². The highest BCUT2D eigenvalue weighted by atomic mass is 16.6. The number of carbonyl (C=O) groups excluding carboxylic acids is 2. The van der Waals surface area contributed by atoms with Gasteiger partial charge in [0.1, 0.15) is 6.04 Å². The molecule has 2 amide bonds. The Balaban J connectivity index is 1.97. The number of hydrogen-bond acceptors (Lipinski definition) is 3. The molecule has 1 heterocycles. The molecular formula is C19H28N2O3. The third-order valence-corrected chi connectivity index (χ3v) is 4.32. The summed E-state index contributed by atoms with van der Waals surface area (Å²) < 4.78 is 0. The van der Waals surface area contributed by atoms with Crippen LogP contribution in [0.1, 0.15) is 46.1 Å². The Bertz CT molecular complexity index is 566. The molecule has 0 aliphatic carbocycles. The summed E-state index contributed by atoms with van der Waals surface area (Å²) in [5, 5.41) is 0. The van der Waals surface area contributed by atoms with E-state index in [2.05, 4.69) is 12.4 Å². The van der Waals surface area contributed by atoms with E-state index in [-0.39, 0.29) is 11.8 Å². The van der Waals surface area contributed by atoms with Gasteiger partial charge in [0, 0.05) is 12.0 Å². The second kappa shape index (κ2) is 7.79. The second-order valence-electron chi connectivity index (χ2n) is 7.63. The highest BCUT2D eigenvalue weighted by Gasteiger charge is 2.38. The number of hydroxylamine groups is 1. The van der Waals surface area contributed by atoms with E-state index in [0.717, 1.165) is 12.0 Å². The molecule has 1 aliphatic rings. The molecule has 2 atom stereocenters. The van der Waals surface area contributed by atoms with Gasteiger partial charge in [0.05, 0.1) is 6.61 Å². The fraction of sp³-hybridized carbons (Fsp3) is 0.579. The maximum absolute atomic E-state index is 12.6. The van der Waals surface area contributed by atoms with Crippen LogP contribution in [0.4, 0.5) is 0 Å². The number of hydrogen-bond donors (Lipinski definition) is 1. The van der Waals surface area contributed by atoms with E-state index in [0.29, 0.717) is 25.5 Å². The van der Waals surface area contributed by atoms with Crippen LogP contribution >= 0.6 is 0 Å². The minimum atomic E-state index is -0.496. The van der Waals surface area contributed by atoms with Crippen molar-refractivity contribution in [3.8, 4) is 0 Å². The number of rotatable bonds is 4. The van der Waals surface area contributed by atoms with Crippen molar-refractivity contribution in [2.24, 2.45) is 11.3 Å². The summed E-state index contributed by atoms with van der Waals surface area (Å²) in [6.07, 6.45) is 1.60. The Morgan fingerprint density at radius 1 is 1.25 bits per heavy atom. The number of benzene rings is 1. The van der Waals surface area contributed by atoms with Crippen molar-refractivity contribution in [3.63, 3.8) is 0 Å². The van der Waals surface area contributed by atoms with E-state index in [1.165, 1.54) is 0 Å². The van der Waals surface area contributed by atoms with Gasteiger partial charge in [-0.05, 0) is 24.3 Å². The summed E-state index contributed by atoms with van der Waals surface area (Å²) in [6.45, 7) is 8.69. The Morgan fingerprint density at radius 2 is 1.92 bits per heavy atom. The van der Waals surface area contributed by atoms with E-state index in [9.17, 15) is 9.59 Å². The molecular weight excluding hydrogens is 304 g/mol. The SMILES string of the molecule is CC1CCN(C(=O)C(C)(C)C)[C@@H](C(=O)NOCc2ccccc2)C1. The number of amides is 2. The van der Waals surface area contributed by atoms with Gasteiger partial charge in [0.2, 0.25) is 5.91 Å². The minimum absolute atomic E-state index is 0.0117. The fourth-order valence-corrected chi connectivity index (χ4v) is 2.90. The van der Waals surface area contributed by atoms with Gasteiger partial charge >= 0.3 is 0 Å². The van der Waals surface area contributed by atoms with Crippen LogP contribution in [0.25, 0.3) is 0 Å². The molecule has 1 saturated heterocycles. The van der Waals surface area contributed by atoms with Crippen molar-refractivity contribution >= 4 is 11.8 Å². The van der Waals surface area contributed by atoms with E-state index in [4.69, 9.17) is 4.84 Å². The monoisotopic (exact) mass is 332 g/mol. The van der Waals surface area contributed by atoms with Crippen LogP contribution in [-0.4, -0.2) is 29.3 Å². The first-order valence-corrected chi connectivity index (χ1v) is 8.55. The van der Waals surface area contributed by atoms with Gasteiger partial charge in [-0.25, -0.2) is 5.48 Å². The molecule has 5 nitrogen and oxygen atoms in total. The molecule has 0 aromatic heterocycles. The van der Waals surface area contributed by atoms with Gasteiger partial charge in [0.15, 0.2) is 0 Å². The third kappa shape index (κ3) is 4.81. The summed E-state index contributed by atoms with van der Waals surface area (Å²) in [6, 6.07) is 9.19. The zero-order valence-electron chi connectivity index (χ0n) is 15.0. The summed E-state index contributed by atoms with van der Waals surface area (Å²) in [5.74, 6) is 0.187. The van der Waals surface area contributed by atoms with Gasteiger partial charge in [-0.1, -0.05) is 58.0 Å². The van der Waals surface area contributed by atoms with Gasteiger partial charge in [-0.3, -0.25) is 14.4 Å². The van der Waals surface area contributed by atoms with E-state index >= 15 is 0 Å². The fourth-order valence-electron chi connectivity index (χ4n) is 2.90. The predicted molar refractivity (Wildman–Crippen MR) is 92.7 cm³/mol.